The molecule has 2 aliphatic carbocycles. The molecule has 0 aromatic carbocycles. The van der Waals surface area contributed by atoms with Crippen molar-refractivity contribution >= 4 is 17.2 Å². The van der Waals surface area contributed by atoms with Crippen LogP contribution in [0.5, 0.6) is 0 Å². The Morgan fingerprint density at radius 3 is 2.36 bits per heavy atom. The van der Waals surface area contributed by atoms with E-state index in [1.54, 1.807) is 0 Å². The fourth-order valence-electron chi connectivity index (χ4n) is 3.13. The Kier molecular flexibility index (Phi) is 8.41. The summed E-state index contributed by atoms with van der Waals surface area (Å²) in [5.41, 5.74) is 11.1. The molecule has 0 fully saturated rings. The summed E-state index contributed by atoms with van der Waals surface area (Å²) in [6, 6.07) is 0. The maximum atomic E-state index is 3.53. The summed E-state index contributed by atoms with van der Waals surface area (Å²) in [4.78, 5) is 3.53. The van der Waals surface area contributed by atoms with Crippen LogP contribution >= 0.6 is 0 Å². The fourth-order valence-corrected chi connectivity index (χ4v) is 3.13. The normalized spacial score (nSPS) is 14.5. The van der Waals surface area contributed by atoms with Gasteiger partial charge < -0.3 is 29.8 Å². The van der Waals surface area contributed by atoms with Crippen molar-refractivity contribution in [2.24, 2.45) is 0 Å². The van der Waals surface area contributed by atoms with Gasteiger partial charge in [0.2, 0.25) is 0 Å². The van der Waals surface area contributed by atoms with E-state index < -0.39 is 0 Å². The summed E-state index contributed by atoms with van der Waals surface area (Å²) in [6.45, 7) is 8.80. The molecule has 22 heavy (non-hydrogen) atoms. The first kappa shape index (κ1) is 21.7. The molecule has 1 aromatic rings. The molecule has 0 saturated heterocycles. The smallest absolute Gasteiger partial charge is 1.00 e. The van der Waals surface area contributed by atoms with Gasteiger partial charge in [-0.1, -0.05) is 36.3 Å². The summed E-state index contributed by atoms with van der Waals surface area (Å²) in [7, 11) is 0. The van der Waals surface area contributed by atoms with Crippen molar-refractivity contribution in [2.45, 2.75) is 40.5 Å². The Hall–Kier alpha value is -0.297. The standard InChI is InChI=1S/C18H21N.2ClH.Zr/c1-5-13-6-7-14(10-13)17-12(4)19-16-9-8-15(11(2)3)18(16)17;;;/h6,8-10,19H,5,7H2,1-4H3;2*1H;/q;;;+2/p-2. The molecule has 3 rings (SSSR count). The van der Waals surface area contributed by atoms with Crippen LogP contribution < -0.4 is 24.8 Å². The molecule has 0 aliphatic heterocycles. The number of H-pyrrole nitrogens is 1. The number of hydrogen-bond acceptors (Lipinski definition) is 0. The summed E-state index contributed by atoms with van der Waals surface area (Å²) in [5, 5.41) is 0. The van der Waals surface area contributed by atoms with Gasteiger partial charge in [0.25, 0.3) is 0 Å². The molecule has 4 heteroatoms. The third-order valence-electron chi connectivity index (χ3n) is 4.11. The van der Waals surface area contributed by atoms with Crippen LogP contribution in [0.15, 0.2) is 29.4 Å². The predicted molar refractivity (Wildman–Crippen MR) is 83.8 cm³/mol. The van der Waals surface area contributed by atoms with Gasteiger partial charge in [0, 0.05) is 22.5 Å². The van der Waals surface area contributed by atoms with E-state index in [9.17, 15) is 0 Å². The van der Waals surface area contributed by atoms with Gasteiger partial charge in [-0.05, 0) is 50.8 Å². The molecule has 0 spiro atoms. The van der Waals surface area contributed by atoms with Crippen LogP contribution in [0.2, 0.25) is 0 Å². The van der Waals surface area contributed by atoms with Crippen LogP contribution in [0.3, 0.4) is 0 Å². The fraction of sp³-hybridized carbons (Fsp3) is 0.333. The van der Waals surface area contributed by atoms with Crippen molar-refractivity contribution in [2.75, 3.05) is 0 Å². The maximum absolute atomic E-state index is 3.53. The molecule has 116 valence electrons. The van der Waals surface area contributed by atoms with Gasteiger partial charge in [0.05, 0.1) is 0 Å². The molecular weight excluding hydrogens is 392 g/mol. The Balaban J connectivity index is 0.00000147. The predicted octanol–water partition coefficient (Wildman–Crippen LogP) is -0.728. The van der Waals surface area contributed by atoms with E-state index in [0.29, 0.717) is 0 Å². The third kappa shape index (κ3) is 3.61. The SMILES string of the molecule is CCC1=CCC(c2c(C)[nH]c3c2C(=C(C)C)C=C3)=C1.[Cl-].[Cl-].[Zr+2]. The summed E-state index contributed by atoms with van der Waals surface area (Å²) < 4.78 is 0. The molecule has 0 bridgehead atoms. The van der Waals surface area contributed by atoms with E-state index in [0.717, 1.165) is 12.8 Å². The van der Waals surface area contributed by atoms with Gasteiger partial charge in [-0.15, -0.1) is 0 Å². The quantitative estimate of drug-likeness (QED) is 0.659. The summed E-state index contributed by atoms with van der Waals surface area (Å²) in [6.07, 6.45) is 11.4. The van der Waals surface area contributed by atoms with E-state index in [2.05, 4.69) is 57.0 Å². The van der Waals surface area contributed by atoms with Crippen LogP contribution in [0, 0.1) is 6.92 Å². The van der Waals surface area contributed by atoms with Crippen LogP contribution in [-0.2, 0) is 26.2 Å². The average Bonchev–Trinajstić information content (AvgIpc) is 3.02. The van der Waals surface area contributed by atoms with E-state index in [1.165, 1.54) is 44.8 Å². The molecule has 0 atom stereocenters. The molecule has 0 unspecified atom stereocenters. The molecule has 1 aromatic heterocycles. The second-order valence-corrected chi connectivity index (χ2v) is 5.67. The van der Waals surface area contributed by atoms with Crippen LogP contribution in [0.1, 0.15) is 56.1 Å². The van der Waals surface area contributed by atoms with E-state index >= 15 is 0 Å². The Labute approximate surface area is 165 Å². The van der Waals surface area contributed by atoms with Gasteiger partial charge in [-0.25, -0.2) is 0 Å². The van der Waals surface area contributed by atoms with Crippen molar-refractivity contribution in [3.8, 4) is 0 Å². The molecular formula is C18H21Cl2NZr. The maximum Gasteiger partial charge on any atom is 2.00 e. The van der Waals surface area contributed by atoms with Crippen molar-refractivity contribution < 1.29 is 51.0 Å². The van der Waals surface area contributed by atoms with Crippen LogP contribution in [0.4, 0.5) is 0 Å². The van der Waals surface area contributed by atoms with Gasteiger partial charge in [0.15, 0.2) is 0 Å². The largest absolute Gasteiger partial charge is 2.00 e. The van der Waals surface area contributed by atoms with Gasteiger partial charge in [0.1, 0.15) is 0 Å². The van der Waals surface area contributed by atoms with Crippen molar-refractivity contribution in [1.82, 2.24) is 4.98 Å². The molecule has 1 nitrogen and oxygen atoms in total. The van der Waals surface area contributed by atoms with Crippen molar-refractivity contribution in [1.29, 1.82) is 0 Å². The van der Waals surface area contributed by atoms with E-state index in [1.807, 2.05) is 0 Å². The Bertz CT molecular complexity index is 672. The number of nitrogens with one attached hydrogen (secondary N) is 1. The zero-order chi connectivity index (χ0) is 13.6. The zero-order valence-electron chi connectivity index (χ0n) is 13.5. The molecule has 0 saturated carbocycles. The summed E-state index contributed by atoms with van der Waals surface area (Å²) in [5.74, 6) is 0. The Morgan fingerprint density at radius 2 is 1.82 bits per heavy atom. The monoisotopic (exact) mass is 411 g/mol. The van der Waals surface area contributed by atoms with Gasteiger partial charge >= 0.3 is 26.2 Å². The Morgan fingerprint density at radius 1 is 1.14 bits per heavy atom. The van der Waals surface area contributed by atoms with Crippen molar-refractivity contribution in [3.05, 3.63) is 51.9 Å². The zero-order valence-corrected chi connectivity index (χ0v) is 17.4. The number of fused-ring (bicyclic) bond motifs is 1. The number of halogens is 2. The molecule has 0 amide bonds. The first-order valence-corrected chi connectivity index (χ1v) is 7.10. The number of aromatic amines is 1. The molecule has 1 N–H and O–H groups in total. The van der Waals surface area contributed by atoms with Gasteiger partial charge in [-0.3, -0.25) is 0 Å². The molecule has 0 radical (unpaired) electrons. The number of allylic oxidation sites excluding steroid dienone is 7. The van der Waals surface area contributed by atoms with Crippen molar-refractivity contribution in [3.63, 3.8) is 0 Å². The number of hydrogen-bond donors (Lipinski definition) is 1. The first-order chi connectivity index (χ1) is 9.11. The molecule has 2 aliphatic rings. The third-order valence-corrected chi connectivity index (χ3v) is 4.11. The van der Waals surface area contributed by atoms with Gasteiger partial charge in [-0.2, -0.15) is 0 Å². The van der Waals surface area contributed by atoms with E-state index in [4.69, 9.17) is 0 Å². The minimum Gasteiger partial charge on any atom is -1.00 e. The second kappa shape index (κ2) is 8.53. The molecule has 1 heterocycles. The first-order valence-electron chi connectivity index (χ1n) is 7.10. The minimum absolute atomic E-state index is 0. The number of aromatic nitrogens is 1. The minimum atomic E-state index is 0. The second-order valence-electron chi connectivity index (χ2n) is 5.67. The van der Waals surface area contributed by atoms with Crippen LogP contribution in [0.25, 0.3) is 17.2 Å². The summed E-state index contributed by atoms with van der Waals surface area (Å²) >= 11 is 0. The number of aryl methyl sites for hydroxylation is 1. The topological polar surface area (TPSA) is 15.8 Å². The van der Waals surface area contributed by atoms with E-state index in [-0.39, 0.29) is 51.0 Å². The average molecular weight is 414 g/mol. The van der Waals surface area contributed by atoms with Crippen LogP contribution in [-0.4, -0.2) is 4.98 Å². The number of rotatable bonds is 2.